The predicted molar refractivity (Wildman–Crippen MR) is 54.9 cm³/mol. The molecule has 2 amide bonds. The first-order valence-electron chi connectivity index (χ1n) is 5.11. The van der Waals surface area contributed by atoms with Gasteiger partial charge < -0.3 is 20.4 Å². The van der Waals surface area contributed by atoms with Crippen molar-refractivity contribution >= 4 is 12.0 Å². The first-order valence-corrected chi connectivity index (χ1v) is 5.11. The maximum atomic E-state index is 12.1. The number of halogens is 3. The van der Waals surface area contributed by atoms with E-state index in [4.69, 9.17) is 10.2 Å². The highest BCUT2D eigenvalue weighted by atomic mass is 19.4. The van der Waals surface area contributed by atoms with Crippen molar-refractivity contribution in [1.29, 1.82) is 0 Å². The molecule has 0 aliphatic heterocycles. The van der Waals surface area contributed by atoms with Crippen LogP contribution in [0.4, 0.5) is 18.0 Å². The first-order chi connectivity index (χ1) is 8.08. The molecule has 3 N–H and O–H groups in total. The minimum Gasteiger partial charge on any atom is -0.480 e. The summed E-state index contributed by atoms with van der Waals surface area (Å²) in [5.41, 5.74) is 0. The summed E-state index contributed by atoms with van der Waals surface area (Å²) in [6.45, 7) is 0.710. The minimum atomic E-state index is -4.57. The predicted octanol–water partition coefficient (Wildman–Crippen LogP) is 0.414. The lowest BCUT2D eigenvalue weighted by atomic mass is 10.2. The zero-order valence-electron chi connectivity index (χ0n) is 9.86. The number of urea groups is 1. The van der Waals surface area contributed by atoms with Gasteiger partial charge in [-0.15, -0.1) is 0 Å². The number of carbonyl (C=O) groups is 2. The van der Waals surface area contributed by atoms with E-state index in [0.29, 0.717) is 4.90 Å². The van der Waals surface area contributed by atoms with Gasteiger partial charge in [-0.2, -0.15) is 13.2 Å². The van der Waals surface area contributed by atoms with Gasteiger partial charge >= 0.3 is 18.2 Å². The third kappa shape index (κ3) is 5.71. The number of aliphatic carboxylic acids is 1. The lowest BCUT2D eigenvalue weighted by molar-refractivity contribution is -0.142. The smallest absolute Gasteiger partial charge is 0.406 e. The molecule has 0 aliphatic carbocycles. The summed E-state index contributed by atoms with van der Waals surface area (Å²) in [6, 6.07) is -2.84. The highest BCUT2D eigenvalue weighted by Gasteiger charge is 2.34. The number of nitrogens with zero attached hydrogens (tertiary/aromatic N) is 1. The average Bonchev–Trinajstić information content (AvgIpc) is 2.19. The number of nitrogens with one attached hydrogen (secondary N) is 1. The van der Waals surface area contributed by atoms with Crippen LogP contribution in [0, 0.1) is 0 Å². The highest BCUT2D eigenvalue weighted by molar-refractivity contribution is 5.83. The van der Waals surface area contributed by atoms with Gasteiger partial charge in [-0.05, 0) is 13.8 Å². The molecule has 0 aromatic rings. The highest BCUT2D eigenvalue weighted by Crippen LogP contribution is 2.16. The van der Waals surface area contributed by atoms with Gasteiger partial charge in [-0.3, -0.25) is 0 Å². The van der Waals surface area contributed by atoms with Crippen molar-refractivity contribution in [3.63, 3.8) is 0 Å². The number of aliphatic hydroxyl groups excluding tert-OH is 1. The van der Waals surface area contributed by atoms with Crippen molar-refractivity contribution in [2.45, 2.75) is 32.2 Å². The summed E-state index contributed by atoms with van der Waals surface area (Å²) in [6.07, 6.45) is -5.99. The summed E-state index contributed by atoms with van der Waals surface area (Å²) < 4.78 is 36.4. The monoisotopic (exact) mass is 272 g/mol. The summed E-state index contributed by atoms with van der Waals surface area (Å²) in [5.74, 6) is -1.53. The molecule has 106 valence electrons. The van der Waals surface area contributed by atoms with Crippen LogP contribution >= 0.6 is 0 Å². The van der Waals surface area contributed by atoms with E-state index < -0.39 is 36.9 Å². The largest absolute Gasteiger partial charge is 0.480 e. The van der Waals surface area contributed by atoms with Crippen LogP contribution in [-0.2, 0) is 4.79 Å². The molecule has 0 spiro atoms. The second kappa shape index (κ2) is 6.43. The lowest BCUT2D eigenvalue weighted by Gasteiger charge is -2.25. The maximum absolute atomic E-state index is 12.1. The second-order valence-electron chi connectivity index (χ2n) is 3.64. The molecule has 0 bridgehead atoms. The van der Waals surface area contributed by atoms with Gasteiger partial charge in [-0.1, -0.05) is 0 Å². The lowest BCUT2D eigenvalue weighted by Crippen LogP contribution is -2.53. The molecule has 9 heteroatoms. The quantitative estimate of drug-likeness (QED) is 0.676. The van der Waals surface area contributed by atoms with E-state index in [1.807, 2.05) is 5.32 Å². The molecule has 6 nitrogen and oxygen atoms in total. The molecule has 0 aromatic heterocycles. The van der Waals surface area contributed by atoms with Crippen molar-refractivity contribution in [2.75, 3.05) is 13.1 Å². The molecule has 0 heterocycles. The SMILES string of the molecule is CCN(CC(F)(F)F)C(=O)N[C@H](C(=O)O)[C@@H](C)O. The van der Waals surface area contributed by atoms with E-state index in [2.05, 4.69) is 0 Å². The Morgan fingerprint density at radius 3 is 2.17 bits per heavy atom. The molecule has 0 saturated carbocycles. The maximum Gasteiger partial charge on any atom is 0.406 e. The molecule has 18 heavy (non-hydrogen) atoms. The van der Waals surface area contributed by atoms with Crippen molar-refractivity contribution in [3.8, 4) is 0 Å². The molecule has 0 rings (SSSR count). The van der Waals surface area contributed by atoms with E-state index in [-0.39, 0.29) is 6.54 Å². The molecule has 0 radical (unpaired) electrons. The molecule has 2 atom stereocenters. The number of rotatable bonds is 5. The van der Waals surface area contributed by atoms with E-state index in [1.165, 1.54) is 6.92 Å². The van der Waals surface area contributed by atoms with Gasteiger partial charge in [0.1, 0.15) is 6.54 Å². The van der Waals surface area contributed by atoms with E-state index in [0.717, 1.165) is 6.92 Å². The number of carboxylic acids is 1. The van der Waals surface area contributed by atoms with Crippen LogP contribution < -0.4 is 5.32 Å². The Kier molecular flexibility index (Phi) is 5.89. The van der Waals surface area contributed by atoms with Gasteiger partial charge in [0.15, 0.2) is 6.04 Å². The molecular weight excluding hydrogens is 257 g/mol. The van der Waals surface area contributed by atoms with Gasteiger partial charge in [0.05, 0.1) is 6.10 Å². The van der Waals surface area contributed by atoms with Gasteiger partial charge in [0.2, 0.25) is 0 Å². The van der Waals surface area contributed by atoms with Gasteiger partial charge in [0, 0.05) is 6.54 Å². The Morgan fingerprint density at radius 1 is 1.39 bits per heavy atom. The summed E-state index contributed by atoms with van der Waals surface area (Å²) >= 11 is 0. The second-order valence-corrected chi connectivity index (χ2v) is 3.64. The zero-order chi connectivity index (χ0) is 14.5. The Morgan fingerprint density at radius 2 is 1.89 bits per heavy atom. The Hall–Kier alpha value is -1.51. The molecule has 0 fully saturated rings. The Labute approximate surface area is 101 Å². The molecule has 0 aromatic carbocycles. The van der Waals surface area contributed by atoms with Crippen molar-refractivity contribution in [3.05, 3.63) is 0 Å². The van der Waals surface area contributed by atoms with Crippen molar-refractivity contribution < 1.29 is 33.0 Å². The standard InChI is InChI=1S/C9H15F3N2O4/c1-3-14(4-9(10,11)12)8(18)13-6(5(2)15)7(16)17/h5-6,15H,3-4H2,1-2H3,(H,13,18)(H,16,17)/t5-,6+/m1/s1. The molecule has 0 aliphatic rings. The number of hydrogen-bond donors (Lipinski definition) is 3. The van der Waals surface area contributed by atoms with Crippen LogP contribution in [0.15, 0.2) is 0 Å². The van der Waals surface area contributed by atoms with Crippen LogP contribution in [0.1, 0.15) is 13.8 Å². The van der Waals surface area contributed by atoms with Crippen LogP contribution in [-0.4, -0.2) is 58.5 Å². The fourth-order valence-electron chi connectivity index (χ4n) is 1.16. The van der Waals surface area contributed by atoms with E-state index >= 15 is 0 Å². The molecular formula is C9H15F3N2O4. The Balaban J connectivity index is 4.65. The number of carbonyl (C=O) groups excluding carboxylic acids is 1. The fraction of sp³-hybridized carbons (Fsp3) is 0.778. The number of alkyl halides is 3. The van der Waals surface area contributed by atoms with Gasteiger partial charge in [-0.25, -0.2) is 9.59 Å². The number of aliphatic hydroxyl groups is 1. The minimum absolute atomic E-state index is 0.239. The normalized spacial score (nSPS) is 14.8. The Bertz CT molecular complexity index is 307. The zero-order valence-corrected chi connectivity index (χ0v) is 9.86. The summed E-state index contributed by atoms with van der Waals surface area (Å²) in [7, 11) is 0. The number of carboxylic acid groups (broad SMARTS) is 1. The van der Waals surface area contributed by atoms with Gasteiger partial charge in [0.25, 0.3) is 0 Å². The fourth-order valence-corrected chi connectivity index (χ4v) is 1.16. The third-order valence-corrected chi connectivity index (χ3v) is 2.07. The van der Waals surface area contributed by atoms with E-state index in [9.17, 15) is 22.8 Å². The third-order valence-electron chi connectivity index (χ3n) is 2.07. The number of amides is 2. The molecule has 0 saturated heterocycles. The van der Waals surface area contributed by atoms with E-state index in [1.54, 1.807) is 0 Å². The number of hydrogen-bond acceptors (Lipinski definition) is 3. The topological polar surface area (TPSA) is 89.9 Å². The average molecular weight is 272 g/mol. The van der Waals surface area contributed by atoms with Crippen LogP contribution in [0.2, 0.25) is 0 Å². The van der Waals surface area contributed by atoms with Crippen LogP contribution in [0.3, 0.4) is 0 Å². The molecule has 0 unspecified atom stereocenters. The van der Waals surface area contributed by atoms with Crippen molar-refractivity contribution in [1.82, 2.24) is 10.2 Å². The summed E-state index contributed by atoms with van der Waals surface area (Å²) in [5, 5.41) is 19.6. The summed E-state index contributed by atoms with van der Waals surface area (Å²) in [4.78, 5) is 22.5. The van der Waals surface area contributed by atoms with Crippen molar-refractivity contribution in [2.24, 2.45) is 0 Å². The van der Waals surface area contributed by atoms with Crippen LogP contribution in [0.5, 0.6) is 0 Å². The first kappa shape index (κ1) is 16.5. The van der Waals surface area contributed by atoms with Crippen LogP contribution in [0.25, 0.3) is 0 Å².